The zero-order valence-electron chi connectivity index (χ0n) is 10.8. The van der Waals surface area contributed by atoms with Crippen LogP contribution in [-0.2, 0) is 6.54 Å². The summed E-state index contributed by atoms with van der Waals surface area (Å²) in [6.07, 6.45) is 1.31. The van der Waals surface area contributed by atoms with Gasteiger partial charge in [0.2, 0.25) is 0 Å². The van der Waals surface area contributed by atoms with Crippen molar-refractivity contribution < 1.29 is 14.7 Å². The topological polar surface area (TPSA) is 109 Å². The predicted molar refractivity (Wildman–Crippen MR) is 83.2 cm³/mol. The Morgan fingerprint density at radius 1 is 1.33 bits per heavy atom. The van der Waals surface area contributed by atoms with Gasteiger partial charge in [0, 0.05) is 10.1 Å². The lowest BCUT2D eigenvalue weighted by molar-refractivity contribution is 0.0690. The number of aromatic carboxylic acids is 1. The van der Waals surface area contributed by atoms with Gasteiger partial charge in [0.05, 0.1) is 18.4 Å². The van der Waals surface area contributed by atoms with Crippen LogP contribution < -0.4 is 10.6 Å². The summed E-state index contributed by atoms with van der Waals surface area (Å²) in [7, 11) is 0. The predicted octanol–water partition coefficient (Wildman–Crippen LogP) is 1.40. The Morgan fingerprint density at radius 2 is 2.10 bits per heavy atom. The van der Waals surface area contributed by atoms with E-state index < -0.39 is 5.97 Å². The van der Waals surface area contributed by atoms with Gasteiger partial charge in [-0.05, 0) is 34.7 Å². The van der Waals surface area contributed by atoms with Gasteiger partial charge in [-0.1, -0.05) is 17.3 Å². The van der Waals surface area contributed by atoms with Gasteiger partial charge in [-0.2, -0.15) is 0 Å². The fourth-order valence-electron chi connectivity index (χ4n) is 1.52. The summed E-state index contributed by atoms with van der Waals surface area (Å²) >= 11 is 2.13. The van der Waals surface area contributed by atoms with Crippen molar-refractivity contribution in [2.45, 2.75) is 6.54 Å². The van der Waals surface area contributed by atoms with E-state index in [0.29, 0.717) is 13.1 Å². The molecule has 0 saturated carbocycles. The Morgan fingerprint density at radius 3 is 2.76 bits per heavy atom. The van der Waals surface area contributed by atoms with E-state index in [2.05, 4.69) is 43.5 Å². The third-order valence-corrected chi connectivity index (χ3v) is 3.45. The van der Waals surface area contributed by atoms with Gasteiger partial charge >= 0.3 is 12.0 Å². The first-order chi connectivity index (χ1) is 10.1. The van der Waals surface area contributed by atoms with E-state index in [4.69, 9.17) is 5.11 Å². The van der Waals surface area contributed by atoms with Crippen molar-refractivity contribution in [1.29, 1.82) is 0 Å². The zero-order valence-corrected chi connectivity index (χ0v) is 12.9. The molecule has 0 radical (unpaired) electrons. The van der Waals surface area contributed by atoms with Gasteiger partial charge in [-0.15, -0.1) is 5.10 Å². The van der Waals surface area contributed by atoms with Gasteiger partial charge in [0.1, 0.15) is 0 Å². The number of carbonyl (C=O) groups excluding carboxylic acids is 1. The van der Waals surface area contributed by atoms with Crippen LogP contribution in [-0.4, -0.2) is 38.6 Å². The van der Waals surface area contributed by atoms with Crippen LogP contribution >= 0.6 is 22.6 Å². The average molecular weight is 401 g/mol. The molecule has 9 heteroatoms. The van der Waals surface area contributed by atoms with Gasteiger partial charge in [-0.25, -0.2) is 14.3 Å². The molecule has 0 aliphatic carbocycles. The normalized spacial score (nSPS) is 10.1. The number of nitrogens with zero attached hydrogens (tertiary/aromatic N) is 3. The van der Waals surface area contributed by atoms with E-state index in [0.717, 1.165) is 9.26 Å². The highest BCUT2D eigenvalue weighted by Crippen LogP contribution is 2.16. The third-order valence-electron chi connectivity index (χ3n) is 2.51. The summed E-state index contributed by atoms with van der Waals surface area (Å²) in [6.45, 7) is 0.636. The molecular weight excluding hydrogens is 389 g/mol. The quantitative estimate of drug-likeness (QED) is 0.657. The molecule has 2 aromatic rings. The van der Waals surface area contributed by atoms with Crippen molar-refractivity contribution in [2.75, 3.05) is 11.9 Å². The van der Waals surface area contributed by atoms with E-state index >= 15 is 0 Å². The lowest BCUT2D eigenvalue weighted by Crippen LogP contribution is -2.31. The molecule has 0 spiro atoms. The van der Waals surface area contributed by atoms with Crippen molar-refractivity contribution in [3.63, 3.8) is 0 Å². The number of hydrogen-bond acceptors (Lipinski definition) is 4. The van der Waals surface area contributed by atoms with E-state index in [1.54, 1.807) is 6.07 Å². The van der Waals surface area contributed by atoms with Crippen LogP contribution in [0.5, 0.6) is 0 Å². The lowest BCUT2D eigenvalue weighted by atomic mass is 10.3. The number of aromatic nitrogens is 3. The number of halogens is 1. The summed E-state index contributed by atoms with van der Waals surface area (Å²) in [6, 6.07) is 7.07. The maximum atomic E-state index is 11.7. The van der Waals surface area contributed by atoms with Gasteiger partial charge in [-0.3, -0.25) is 0 Å². The average Bonchev–Trinajstić information content (AvgIpc) is 2.90. The first-order valence-corrected chi connectivity index (χ1v) is 7.07. The largest absolute Gasteiger partial charge is 0.476 e. The second-order valence-electron chi connectivity index (χ2n) is 4.03. The minimum absolute atomic E-state index is 0.127. The van der Waals surface area contributed by atoms with Gasteiger partial charge in [0.25, 0.3) is 0 Å². The van der Waals surface area contributed by atoms with Crippen LogP contribution in [0.4, 0.5) is 10.5 Å². The van der Waals surface area contributed by atoms with E-state index in [-0.39, 0.29) is 11.7 Å². The number of anilines is 1. The molecule has 0 saturated heterocycles. The summed E-state index contributed by atoms with van der Waals surface area (Å²) in [5.74, 6) is -1.13. The Bertz CT molecular complexity index is 658. The molecule has 2 amide bonds. The number of benzene rings is 1. The number of para-hydroxylation sites is 1. The Balaban J connectivity index is 1.79. The highest BCUT2D eigenvalue weighted by atomic mass is 127. The number of amides is 2. The molecule has 0 bridgehead atoms. The summed E-state index contributed by atoms with van der Waals surface area (Å²) in [5, 5.41) is 21.2. The minimum atomic E-state index is -1.13. The monoisotopic (exact) mass is 401 g/mol. The van der Waals surface area contributed by atoms with E-state index in [1.807, 2.05) is 18.2 Å². The zero-order chi connectivity index (χ0) is 15.2. The van der Waals surface area contributed by atoms with Crippen LogP contribution in [0.1, 0.15) is 10.5 Å². The summed E-state index contributed by atoms with van der Waals surface area (Å²) in [5.41, 5.74) is 0.600. The number of carboxylic acids is 1. The Labute approximate surface area is 133 Å². The minimum Gasteiger partial charge on any atom is -0.476 e. The second-order valence-corrected chi connectivity index (χ2v) is 5.19. The molecule has 3 N–H and O–H groups in total. The van der Waals surface area contributed by atoms with Crippen molar-refractivity contribution in [2.24, 2.45) is 0 Å². The van der Waals surface area contributed by atoms with Crippen molar-refractivity contribution >= 4 is 40.3 Å². The molecule has 2 rings (SSSR count). The smallest absolute Gasteiger partial charge is 0.358 e. The van der Waals surface area contributed by atoms with Gasteiger partial charge in [0.15, 0.2) is 5.69 Å². The van der Waals surface area contributed by atoms with Crippen LogP contribution in [0.3, 0.4) is 0 Å². The maximum Gasteiger partial charge on any atom is 0.358 e. The molecule has 1 aromatic heterocycles. The summed E-state index contributed by atoms with van der Waals surface area (Å²) < 4.78 is 2.29. The fraction of sp³-hybridized carbons (Fsp3) is 0.167. The number of carbonyl (C=O) groups is 2. The standard InChI is InChI=1S/C12H12IN5O3/c13-8-3-1-2-4-9(8)15-12(21)14-5-6-18-7-10(11(19)20)16-17-18/h1-4,7H,5-6H2,(H,19,20)(H2,14,15,21). The molecule has 8 nitrogen and oxygen atoms in total. The molecular formula is C12H12IN5O3. The number of urea groups is 1. The van der Waals surface area contributed by atoms with E-state index in [1.165, 1.54) is 10.9 Å². The Kier molecular flexibility index (Phi) is 5.09. The van der Waals surface area contributed by atoms with Crippen molar-refractivity contribution in [3.05, 3.63) is 39.7 Å². The molecule has 110 valence electrons. The first kappa shape index (κ1) is 15.2. The van der Waals surface area contributed by atoms with Crippen LogP contribution in [0.2, 0.25) is 0 Å². The maximum absolute atomic E-state index is 11.7. The van der Waals surface area contributed by atoms with Gasteiger partial charge < -0.3 is 15.7 Å². The molecule has 0 unspecified atom stereocenters. The third kappa shape index (κ3) is 4.41. The van der Waals surface area contributed by atoms with Crippen molar-refractivity contribution in [1.82, 2.24) is 20.3 Å². The molecule has 0 fully saturated rings. The molecule has 0 aliphatic rings. The highest BCUT2D eigenvalue weighted by molar-refractivity contribution is 14.1. The molecule has 0 aliphatic heterocycles. The molecule has 1 heterocycles. The molecule has 0 atom stereocenters. The highest BCUT2D eigenvalue weighted by Gasteiger charge is 2.08. The van der Waals surface area contributed by atoms with Crippen LogP contribution in [0, 0.1) is 3.57 Å². The lowest BCUT2D eigenvalue weighted by Gasteiger charge is -2.08. The summed E-state index contributed by atoms with van der Waals surface area (Å²) in [4.78, 5) is 22.3. The van der Waals surface area contributed by atoms with Crippen LogP contribution in [0.25, 0.3) is 0 Å². The van der Waals surface area contributed by atoms with Crippen LogP contribution in [0.15, 0.2) is 30.5 Å². The fourth-order valence-corrected chi connectivity index (χ4v) is 2.04. The van der Waals surface area contributed by atoms with Crippen molar-refractivity contribution in [3.8, 4) is 0 Å². The number of carboxylic acid groups (broad SMARTS) is 1. The Hall–Kier alpha value is -2.17. The number of rotatable bonds is 5. The number of hydrogen-bond donors (Lipinski definition) is 3. The van der Waals surface area contributed by atoms with E-state index in [9.17, 15) is 9.59 Å². The molecule has 21 heavy (non-hydrogen) atoms. The first-order valence-electron chi connectivity index (χ1n) is 5.99. The SMILES string of the molecule is O=C(NCCn1cc(C(=O)O)nn1)Nc1ccccc1I. The molecule has 1 aromatic carbocycles. The second kappa shape index (κ2) is 7.02. The number of nitrogens with one attached hydrogen (secondary N) is 2.